The zero-order chi connectivity index (χ0) is 15.7. The molecule has 120 valence electrons. The average molecular weight is 314 g/mol. The van der Waals surface area contributed by atoms with Crippen LogP contribution in [0.15, 0.2) is 4.52 Å². The molecule has 1 fully saturated rings. The van der Waals surface area contributed by atoms with Crippen LogP contribution >= 0.6 is 0 Å². The van der Waals surface area contributed by atoms with E-state index in [1.54, 1.807) is 4.90 Å². The minimum absolute atomic E-state index is 0.0270. The number of hydrogen-bond donors (Lipinski definition) is 1. The Balaban J connectivity index is 1.85. The van der Waals surface area contributed by atoms with Crippen LogP contribution in [0, 0.1) is 0 Å². The van der Waals surface area contributed by atoms with Crippen LogP contribution in [0.1, 0.15) is 25.6 Å². The molecule has 1 N–H and O–H groups in total. The van der Waals surface area contributed by atoms with Gasteiger partial charge < -0.3 is 14.7 Å². The van der Waals surface area contributed by atoms with Crippen LogP contribution in [-0.2, 0) is 5.92 Å². The van der Waals surface area contributed by atoms with E-state index in [1.807, 2.05) is 0 Å². The van der Waals surface area contributed by atoms with Gasteiger partial charge in [-0.1, -0.05) is 5.16 Å². The number of nitrogens with one attached hydrogen (secondary N) is 1. The van der Waals surface area contributed by atoms with Gasteiger partial charge in [-0.25, -0.2) is 0 Å². The molecule has 21 heavy (non-hydrogen) atoms. The molecule has 1 aliphatic heterocycles. The van der Waals surface area contributed by atoms with Crippen molar-refractivity contribution in [3.63, 3.8) is 0 Å². The molecule has 2 rings (SSSR count). The molecule has 1 aromatic rings. The fraction of sp³-hybridized carbons (Fsp3) is 0.818. The van der Waals surface area contributed by atoms with Crippen molar-refractivity contribution in [2.24, 2.45) is 0 Å². The Kier molecular flexibility index (Phi) is 4.35. The van der Waals surface area contributed by atoms with Gasteiger partial charge in [-0.15, -0.1) is 0 Å². The maximum Gasteiger partial charge on any atom is 0.401 e. The molecule has 2 heterocycles. The van der Waals surface area contributed by atoms with Gasteiger partial charge in [0.25, 0.3) is 0 Å². The first-order valence-corrected chi connectivity index (χ1v) is 6.42. The molecule has 0 aliphatic carbocycles. The molecule has 0 aromatic carbocycles. The van der Waals surface area contributed by atoms with Crippen molar-refractivity contribution >= 4 is 6.01 Å². The van der Waals surface area contributed by atoms with Crippen molar-refractivity contribution in [1.29, 1.82) is 0 Å². The number of halogens is 5. The Hall–Kier alpha value is -1.45. The molecule has 1 aliphatic rings. The summed E-state index contributed by atoms with van der Waals surface area (Å²) in [6.45, 7) is 0.359. The van der Waals surface area contributed by atoms with Crippen LogP contribution in [-0.4, -0.2) is 42.0 Å². The number of anilines is 1. The minimum Gasteiger partial charge on any atom is -0.324 e. The molecule has 0 amide bonds. The summed E-state index contributed by atoms with van der Waals surface area (Å²) in [5, 5.41) is 5.63. The van der Waals surface area contributed by atoms with Crippen LogP contribution in [0.4, 0.5) is 28.0 Å². The van der Waals surface area contributed by atoms with Crippen molar-refractivity contribution in [3.8, 4) is 0 Å². The predicted octanol–water partition coefficient (Wildman–Crippen LogP) is 2.30. The largest absolute Gasteiger partial charge is 0.401 e. The Morgan fingerprint density at radius 3 is 2.33 bits per heavy atom. The second kappa shape index (κ2) is 5.74. The predicted molar refractivity (Wildman–Crippen MR) is 63.2 cm³/mol. The van der Waals surface area contributed by atoms with Gasteiger partial charge in [-0.05, 0) is 12.8 Å². The fourth-order valence-electron chi connectivity index (χ4n) is 2.06. The molecule has 0 spiro atoms. The highest BCUT2D eigenvalue weighted by Crippen LogP contribution is 2.27. The Bertz CT molecular complexity index is 462. The highest BCUT2D eigenvalue weighted by atomic mass is 19.4. The molecule has 0 atom stereocenters. The average Bonchev–Trinajstić information content (AvgIpc) is 2.85. The Morgan fingerprint density at radius 1 is 1.24 bits per heavy atom. The maximum absolute atomic E-state index is 13.0. The molecule has 1 saturated heterocycles. The zero-order valence-electron chi connectivity index (χ0n) is 11.3. The lowest BCUT2D eigenvalue weighted by atomic mass is 10.1. The molecule has 0 saturated carbocycles. The lowest BCUT2D eigenvalue weighted by molar-refractivity contribution is -0.126. The van der Waals surface area contributed by atoms with E-state index >= 15 is 0 Å². The first-order chi connectivity index (χ1) is 9.65. The summed E-state index contributed by atoms with van der Waals surface area (Å²) >= 11 is 0. The summed E-state index contributed by atoms with van der Waals surface area (Å²) in [6.07, 6.45) is -3.36. The van der Waals surface area contributed by atoms with Crippen LogP contribution in [0.2, 0.25) is 0 Å². The number of alkyl halides is 5. The van der Waals surface area contributed by atoms with Gasteiger partial charge in [-0.3, -0.25) is 0 Å². The fourth-order valence-corrected chi connectivity index (χ4v) is 2.06. The van der Waals surface area contributed by atoms with Gasteiger partial charge in [0.1, 0.15) is 0 Å². The lowest BCUT2D eigenvalue weighted by Crippen LogP contribution is -2.45. The standard InChI is InChI=1S/C11H15F5N4O/c1-10(12,13)8-18-9(21-19-8)20-4-2-7(3-5-20)17-6-11(14,15)16/h7,17H,2-6H2,1H3. The third-order valence-corrected chi connectivity index (χ3v) is 3.16. The summed E-state index contributed by atoms with van der Waals surface area (Å²) < 4.78 is 67.0. The second-order valence-electron chi connectivity index (χ2n) is 5.05. The molecular formula is C11H15F5N4O. The quantitative estimate of drug-likeness (QED) is 0.864. The summed E-state index contributed by atoms with van der Waals surface area (Å²) in [7, 11) is 0. The van der Waals surface area contributed by atoms with E-state index in [0.717, 1.165) is 0 Å². The van der Waals surface area contributed by atoms with Gasteiger partial charge in [0.2, 0.25) is 5.82 Å². The van der Waals surface area contributed by atoms with Gasteiger partial charge >= 0.3 is 18.1 Å². The third kappa shape index (κ3) is 4.51. The zero-order valence-corrected chi connectivity index (χ0v) is 11.3. The maximum atomic E-state index is 13.0. The van der Waals surface area contributed by atoms with Crippen molar-refractivity contribution in [2.75, 3.05) is 24.5 Å². The summed E-state index contributed by atoms with van der Waals surface area (Å²) in [6, 6.07) is -0.293. The van der Waals surface area contributed by atoms with Crippen molar-refractivity contribution in [1.82, 2.24) is 15.5 Å². The van der Waals surface area contributed by atoms with Crippen LogP contribution in [0.25, 0.3) is 0 Å². The summed E-state index contributed by atoms with van der Waals surface area (Å²) in [5.41, 5.74) is 0. The van der Waals surface area contributed by atoms with Gasteiger partial charge in [0, 0.05) is 26.1 Å². The number of aromatic nitrogens is 2. The first kappa shape index (κ1) is 15.9. The van der Waals surface area contributed by atoms with E-state index in [2.05, 4.69) is 15.5 Å². The monoisotopic (exact) mass is 314 g/mol. The van der Waals surface area contributed by atoms with E-state index in [4.69, 9.17) is 4.52 Å². The minimum atomic E-state index is -4.24. The first-order valence-electron chi connectivity index (χ1n) is 6.42. The van der Waals surface area contributed by atoms with Gasteiger partial charge in [0.05, 0.1) is 6.54 Å². The molecule has 1 aromatic heterocycles. The highest BCUT2D eigenvalue weighted by Gasteiger charge is 2.33. The highest BCUT2D eigenvalue weighted by molar-refractivity contribution is 5.26. The molecule has 0 bridgehead atoms. The van der Waals surface area contributed by atoms with E-state index in [1.165, 1.54) is 0 Å². The molecule has 5 nitrogen and oxygen atoms in total. The molecule has 10 heteroatoms. The van der Waals surface area contributed by atoms with Crippen LogP contribution in [0.5, 0.6) is 0 Å². The summed E-state index contributed by atoms with van der Waals surface area (Å²) in [5.74, 6) is -3.89. The lowest BCUT2D eigenvalue weighted by Gasteiger charge is -2.31. The number of rotatable bonds is 4. The summed E-state index contributed by atoms with van der Waals surface area (Å²) in [4.78, 5) is 5.20. The molecular weight excluding hydrogens is 299 g/mol. The Labute approximate surface area is 117 Å². The van der Waals surface area contributed by atoms with Crippen molar-refractivity contribution in [2.45, 2.75) is 37.9 Å². The van der Waals surface area contributed by atoms with Crippen molar-refractivity contribution < 1.29 is 26.5 Å². The van der Waals surface area contributed by atoms with E-state index in [0.29, 0.717) is 32.9 Å². The molecule has 0 radical (unpaired) electrons. The smallest absolute Gasteiger partial charge is 0.324 e. The number of piperidine rings is 1. The van der Waals surface area contributed by atoms with Crippen molar-refractivity contribution in [3.05, 3.63) is 5.82 Å². The van der Waals surface area contributed by atoms with Crippen LogP contribution in [0.3, 0.4) is 0 Å². The van der Waals surface area contributed by atoms with E-state index < -0.39 is 24.5 Å². The van der Waals surface area contributed by atoms with E-state index in [-0.39, 0.29) is 12.1 Å². The topological polar surface area (TPSA) is 54.2 Å². The number of hydrogen-bond acceptors (Lipinski definition) is 5. The van der Waals surface area contributed by atoms with Gasteiger partial charge in [-0.2, -0.15) is 26.9 Å². The molecule has 0 unspecified atom stereocenters. The number of nitrogens with zero attached hydrogens (tertiary/aromatic N) is 3. The SMILES string of the molecule is CC(F)(F)c1noc(N2CCC(NCC(F)(F)F)CC2)n1. The third-order valence-electron chi connectivity index (χ3n) is 3.16. The van der Waals surface area contributed by atoms with Crippen LogP contribution < -0.4 is 10.2 Å². The van der Waals surface area contributed by atoms with E-state index in [9.17, 15) is 22.0 Å². The second-order valence-corrected chi connectivity index (χ2v) is 5.05. The Morgan fingerprint density at radius 2 is 1.86 bits per heavy atom. The normalized spacial score (nSPS) is 18.3. The van der Waals surface area contributed by atoms with Gasteiger partial charge in [0.15, 0.2) is 0 Å².